The summed E-state index contributed by atoms with van der Waals surface area (Å²) in [4.78, 5) is 5.48. The maximum absolute atomic E-state index is 9.65. The minimum Gasteiger partial charge on any atom is -0.390 e. The van der Waals surface area contributed by atoms with Gasteiger partial charge in [-0.05, 0) is 18.4 Å². The molecule has 0 spiro atoms. The van der Waals surface area contributed by atoms with Gasteiger partial charge in [0.15, 0.2) is 0 Å². The zero-order chi connectivity index (χ0) is 14.1. The van der Waals surface area contributed by atoms with Crippen molar-refractivity contribution < 1.29 is 5.11 Å². The van der Waals surface area contributed by atoms with Crippen LogP contribution in [0.2, 0.25) is 0 Å². The molecule has 0 amide bonds. The van der Waals surface area contributed by atoms with Crippen LogP contribution in [0.1, 0.15) is 30.1 Å². The van der Waals surface area contributed by atoms with Gasteiger partial charge in [-0.3, -0.25) is 0 Å². The minimum absolute atomic E-state index is 0.0566. The summed E-state index contributed by atoms with van der Waals surface area (Å²) in [5.41, 5.74) is 3.92. The van der Waals surface area contributed by atoms with Crippen molar-refractivity contribution >= 4 is 16.3 Å². The van der Waals surface area contributed by atoms with Gasteiger partial charge in [-0.15, -0.1) is 0 Å². The first-order valence-corrected chi connectivity index (χ1v) is 7.66. The maximum Gasteiger partial charge on any atom is 0.213 e. The smallest absolute Gasteiger partial charge is 0.213 e. The number of imidazole rings is 1. The molecule has 0 saturated heterocycles. The van der Waals surface area contributed by atoms with Crippen LogP contribution < -0.4 is 0 Å². The lowest BCUT2D eigenvalue weighted by Crippen LogP contribution is -1.96. The van der Waals surface area contributed by atoms with E-state index in [1.165, 1.54) is 5.56 Å². The maximum atomic E-state index is 9.65. The standard InChI is InChI=1S/C15H17N3OS/c1-3-10-5-7-11(8-6-10)14-12(9-19)18-15(16-14)20-13(4-2)17-18/h5-8,19H,3-4,9H2,1-2H3. The van der Waals surface area contributed by atoms with Crippen LogP contribution in [0.15, 0.2) is 24.3 Å². The Balaban J connectivity index is 2.11. The molecule has 20 heavy (non-hydrogen) atoms. The minimum atomic E-state index is -0.0566. The third kappa shape index (κ3) is 2.13. The van der Waals surface area contributed by atoms with Crippen LogP contribution in [-0.2, 0) is 19.4 Å². The van der Waals surface area contributed by atoms with Crippen molar-refractivity contribution in [2.75, 3.05) is 0 Å². The van der Waals surface area contributed by atoms with E-state index in [1.54, 1.807) is 15.9 Å². The molecule has 4 nitrogen and oxygen atoms in total. The van der Waals surface area contributed by atoms with E-state index >= 15 is 0 Å². The predicted molar refractivity (Wildman–Crippen MR) is 81.0 cm³/mol. The first-order valence-electron chi connectivity index (χ1n) is 6.84. The van der Waals surface area contributed by atoms with Gasteiger partial charge in [-0.25, -0.2) is 9.50 Å². The van der Waals surface area contributed by atoms with Crippen LogP contribution >= 0.6 is 11.3 Å². The predicted octanol–water partition coefficient (Wildman–Crippen LogP) is 3.07. The van der Waals surface area contributed by atoms with Crippen LogP contribution in [0.5, 0.6) is 0 Å². The van der Waals surface area contributed by atoms with Crippen molar-refractivity contribution in [1.82, 2.24) is 14.6 Å². The monoisotopic (exact) mass is 287 g/mol. The van der Waals surface area contributed by atoms with E-state index in [4.69, 9.17) is 0 Å². The summed E-state index contributed by atoms with van der Waals surface area (Å²) in [6.45, 7) is 4.15. The molecule has 0 aliphatic heterocycles. The number of aromatic nitrogens is 3. The highest BCUT2D eigenvalue weighted by atomic mass is 32.1. The molecule has 3 rings (SSSR count). The highest BCUT2D eigenvalue weighted by Crippen LogP contribution is 2.27. The second-order valence-electron chi connectivity index (χ2n) is 4.66. The zero-order valence-electron chi connectivity index (χ0n) is 11.6. The molecule has 2 aromatic heterocycles. The van der Waals surface area contributed by atoms with Crippen LogP contribution in [0, 0.1) is 0 Å². The number of rotatable bonds is 4. The van der Waals surface area contributed by atoms with Crippen molar-refractivity contribution in [2.45, 2.75) is 33.3 Å². The fourth-order valence-corrected chi connectivity index (χ4v) is 3.10. The first kappa shape index (κ1) is 13.3. The third-order valence-electron chi connectivity index (χ3n) is 3.43. The molecular weight excluding hydrogens is 270 g/mol. The number of aliphatic hydroxyl groups excluding tert-OH is 1. The molecule has 0 fully saturated rings. The molecule has 0 bridgehead atoms. The number of hydrogen-bond acceptors (Lipinski definition) is 4. The largest absolute Gasteiger partial charge is 0.390 e. The van der Waals surface area contributed by atoms with Crippen molar-refractivity contribution in [3.05, 3.63) is 40.5 Å². The van der Waals surface area contributed by atoms with Crippen LogP contribution in [0.25, 0.3) is 16.2 Å². The van der Waals surface area contributed by atoms with Gasteiger partial charge in [-0.2, -0.15) is 5.10 Å². The molecule has 2 heterocycles. The molecule has 0 aliphatic carbocycles. The van der Waals surface area contributed by atoms with Crippen molar-refractivity contribution in [1.29, 1.82) is 0 Å². The summed E-state index contributed by atoms with van der Waals surface area (Å²) < 4.78 is 1.77. The molecule has 0 unspecified atom stereocenters. The normalized spacial score (nSPS) is 11.3. The summed E-state index contributed by atoms with van der Waals surface area (Å²) in [5.74, 6) is 0. The van der Waals surface area contributed by atoms with Gasteiger partial charge >= 0.3 is 0 Å². The van der Waals surface area contributed by atoms with E-state index in [0.29, 0.717) is 0 Å². The molecule has 0 aliphatic rings. The second kappa shape index (κ2) is 5.34. The molecule has 1 aromatic carbocycles. The fraction of sp³-hybridized carbons (Fsp3) is 0.333. The SMILES string of the molecule is CCc1ccc(-c2nc3sc(CC)nn3c2CO)cc1. The quantitative estimate of drug-likeness (QED) is 0.802. The Labute approximate surface area is 121 Å². The number of benzene rings is 1. The third-order valence-corrected chi connectivity index (χ3v) is 4.48. The Bertz CT molecular complexity index is 727. The average molecular weight is 287 g/mol. The van der Waals surface area contributed by atoms with Gasteiger partial charge in [0.2, 0.25) is 4.96 Å². The van der Waals surface area contributed by atoms with Gasteiger partial charge in [0, 0.05) is 5.56 Å². The molecule has 0 saturated carbocycles. The molecule has 1 N–H and O–H groups in total. The van der Waals surface area contributed by atoms with Crippen molar-refractivity contribution in [3.63, 3.8) is 0 Å². The van der Waals surface area contributed by atoms with Gasteiger partial charge in [-0.1, -0.05) is 49.4 Å². The number of fused-ring (bicyclic) bond motifs is 1. The lowest BCUT2D eigenvalue weighted by atomic mass is 10.1. The van der Waals surface area contributed by atoms with Crippen molar-refractivity contribution in [3.8, 4) is 11.3 Å². The van der Waals surface area contributed by atoms with E-state index in [0.717, 1.165) is 39.8 Å². The topological polar surface area (TPSA) is 50.4 Å². The van der Waals surface area contributed by atoms with Gasteiger partial charge in [0.25, 0.3) is 0 Å². The number of nitrogens with zero attached hydrogens (tertiary/aromatic N) is 3. The summed E-state index contributed by atoms with van der Waals surface area (Å²) in [7, 11) is 0. The van der Waals surface area contributed by atoms with Gasteiger partial charge in [0.1, 0.15) is 5.01 Å². The van der Waals surface area contributed by atoms with E-state index in [2.05, 4.69) is 48.2 Å². The molecule has 0 atom stereocenters. The van der Waals surface area contributed by atoms with E-state index < -0.39 is 0 Å². The summed E-state index contributed by atoms with van der Waals surface area (Å²) in [5, 5.41) is 15.2. The Morgan fingerprint density at radius 1 is 1.15 bits per heavy atom. The van der Waals surface area contributed by atoms with Crippen LogP contribution in [0.4, 0.5) is 0 Å². The summed E-state index contributed by atoms with van der Waals surface area (Å²) in [6.07, 6.45) is 1.91. The fourth-order valence-electron chi connectivity index (χ4n) is 2.24. The Hall–Kier alpha value is -1.72. The first-order chi connectivity index (χ1) is 9.76. The Morgan fingerprint density at radius 2 is 1.90 bits per heavy atom. The molecule has 5 heteroatoms. The number of hydrogen-bond donors (Lipinski definition) is 1. The Kier molecular flexibility index (Phi) is 3.54. The molecule has 0 radical (unpaired) electrons. The Morgan fingerprint density at radius 3 is 2.50 bits per heavy atom. The van der Waals surface area contributed by atoms with Crippen molar-refractivity contribution in [2.24, 2.45) is 0 Å². The van der Waals surface area contributed by atoms with E-state index in [9.17, 15) is 5.11 Å². The highest BCUT2D eigenvalue weighted by Gasteiger charge is 2.16. The average Bonchev–Trinajstić information content (AvgIpc) is 3.04. The molecule has 104 valence electrons. The van der Waals surface area contributed by atoms with E-state index in [1.807, 2.05) is 0 Å². The van der Waals surface area contributed by atoms with E-state index in [-0.39, 0.29) is 6.61 Å². The zero-order valence-corrected chi connectivity index (χ0v) is 12.4. The highest BCUT2D eigenvalue weighted by molar-refractivity contribution is 7.16. The van der Waals surface area contributed by atoms with Crippen LogP contribution in [-0.4, -0.2) is 19.7 Å². The van der Waals surface area contributed by atoms with Crippen LogP contribution in [0.3, 0.4) is 0 Å². The lowest BCUT2D eigenvalue weighted by Gasteiger charge is -2.02. The van der Waals surface area contributed by atoms with Gasteiger partial charge in [0.05, 0.1) is 18.0 Å². The number of aryl methyl sites for hydroxylation is 2. The summed E-state index contributed by atoms with van der Waals surface area (Å²) in [6, 6.07) is 8.33. The summed E-state index contributed by atoms with van der Waals surface area (Å²) >= 11 is 1.58. The molecular formula is C15H17N3OS. The van der Waals surface area contributed by atoms with Gasteiger partial charge < -0.3 is 5.11 Å². The molecule has 3 aromatic rings. The second-order valence-corrected chi connectivity index (χ2v) is 5.70. The lowest BCUT2D eigenvalue weighted by molar-refractivity contribution is 0.275. The number of aliphatic hydroxyl groups is 1.